The second kappa shape index (κ2) is 7.49. The Hall–Kier alpha value is -1.99. The first-order valence-electron chi connectivity index (χ1n) is 9.07. The van der Waals surface area contributed by atoms with Crippen LogP contribution < -0.4 is 14.8 Å². The summed E-state index contributed by atoms with van der Waals surface area (Å²) in [4.78, 5) is 16.9. The number of rotatable bonds is 3. The van der Waals surface area contributed by atoms with Crippen molar-refractivity contribution in [1.82, 2.24) is 9.80 Å². The Labute approximate surface area is 147 Å². The molecule has 1 aromatic rings. The first kappa shape index (κ1) is 16.5. The molecular formula is C18H25N3O4. The Morgan fingerprint density at radius 3 is 2.92 bits per heavy atom. The van der Waals surface area contributed by atoms with Crippen LogP contribution in [0.3, 0.4) is 0 Å². The van der Waals surface area contributed by atoms with E-state index >= 15 is 0 Å². The van der Waals surface area contributed by atoms with Crippen molar-refractivity contribution in [2.45, 2.75) is 25.4 Å². The molecule has 0 aliphatic carbocycles. The normalized spacial score (nSPS) is 23.5. The Morgan fingerprint density at radius 2 is 2.04 bits per heavy atom. The Balaban J connectivity index is 1.30. The third-order valence-electron chi connectivity index (χ3n) is 4.99. The van der Waals surface area contributed by atoms with Crippen molar-refractivity contribution in [2.24, 2.45) is 0 Å². The van der Waals surface area contributed by atoms with Crippen molar-refractivity contribution in [3.8, 4) is 11.5 Å². The maximum absolute atomic E-state index is 12.6. The fourth-order valence-corrected chi connectivity index (χ4v) is 3.61. The number of hydrogen-bond donors (Lipinski definition) is 1. The summed E-state index contributed by atoms with van der Waals surface area (Å²) >= 11 is 0. The summed E-state index contributed by atoms with van der Waals surface area (Å²) in [6, 6.07) is 5.41. The standard InChI is InChI=1S/C18H25N3O4/c22-18(19-14-4-5-16-17(11-14)25-13-24-16)21-7-2-6-20(8-9-21)12-15-3-1-10-23-15/h4-5,11,15H,1-3,6-10,12-13H2,(H,19,22)/t15-/m0/s1. The second-order valence-electron chi connectivity index (χ2n) is 6.77. The SMILES string of the molecule is O=C(Nc1ccc2c(c1)OCO2)N1CCCN(C[C@@H]2CCCO2)CC1. The van der Waals surface area contributed by atoms with Crippen molar-refractivity contribution in [3.05, 3.63) is 18.2 Å². The minimum atomic E-state index is -0.0576. The largest absolute Gasteiger partial charge is 0.454 e. The highest BCUT2D eigenvalue weighted by atomic mass is 16.7. The average molecular weight is 347 g/mol. The maximum atomic E-state index is 12.6. The molecule has 25 heavy (non-hydrogen) atoms. The van der Waals surface area contributed by atoms with E-state index < -0.39 is 0 Å². The van der Waals surface area contributed by atoms with Gasteiger partial charge in [-0.2, -0.15) is 0 Å². The molecule has 3 aliphatic heterocycles. The van der Waals surface area contributed by atoms with Gasteiger partial charge in [-0.3, -0.25) is 4.90 Å². The third-order valence-corrected chi connectivity index (χ3v) is 4.99. The summed E-state index contributed by atoms with van der Waals surface area (Å²) in [6.07, 6.45) is 3.68. The fourth-order valence-electron chi connectivity index (χ4n) is 3.61. The molecule has 136 valence electrons. The van der Waals surface area contributed by atoms with Crippen LogP contribution in [0.15, 0.2) is 18.2 Å². The van der Waals surface area contributed by atoms with Crippen LogP contribution in [0, 0.1) is 0 Å². The molecule has 4 rings (SSSR count). The lowest BCUT2D eigenvalue weighted by Crippen LogP contribution is -2.39. The van der Waals surface area contributed by atoms with Gasteiger partial charge in [0.15, 0.2) is 11.5 Å². The molecule has 1 aromatic carbocycles. The quantitative estimate of drug-likeness (QED) is 0.908. The van der Waals surface area contributed by atoms with E-state index in [1.165, 1.54) is 6.42 Å². The maximum Gasteiger partial charge on any atom is 0.321 e. The van der Waals surface area contributed by atoms with Crippen LogP contribution in [0.2, 0.25) is 0 Å². The molecular weight excluding hydrogens is 322 g/mol. The lowest BCUT2D eigenvalue weighted by molar-refractivity contribution is 0.0747. The Kier molecular flexibility index (Phi) is 4.94. The number of anilines is 1. The number of carbonyl (C=O) groups is 1. The van der Waals surface area contributed by atoms with Crippen LogP contribution in [0.1, 0.15) is 19.3 Å². The van der Waals surface area contributed by atoms with E-state index in [-0.39, 0.29) is 12.8 Å². The van der Waals surface area contributed by atoms with E-state index in [1.54, 1.807) is 0 Å². The highest BCUT2D eigenvalue weighted by Gasteiger charge is 2.23. The van der Waals surface area contributed by atoms with Crippen LogP contribution in [0.4, 0.5) is 10.5 Å². The molecule has 1 atom stereocenters. The van der Waals surface area contributed by atoms with E-state index in [4.69, 9.17) is 14.2 Å². The molecule has 3 heterocycles. The number of ether oxygens (including phenoxy) is 3. The molecule has 0 spiro atoms. The minimum Gasteiger partial charge on any atom is -0.454 e. The minimum absolute atomic E-state index is 0.0576. The summed E-state index contributed by atoms with van der Waals surface area (Å²) in [5, 5.41) is 2.97. The van der Waals surface area contributed by atoms with Crippen LogP contribution in [0.5, 0.6) is 11.5 Å². The third kappa shape index (κ3) is 3.99. The number of carbonyl (C=O) groups excluding carboxylic acids is 1. The zero-order valence-electron chi connectivity index (χ0n) is 14.4. The molecule has 3 aliphatic rings. The highest BCUT2D eigenvalue weighted by Crippen LogP contribution is 2.34. The van der Waals surface area contributed by atoms with Crippen LogP contribution in [0.25, 0.3) is 0 Å². The lowest BCUT2D eigenvalue weighted by atomic mass is 10.2. The van der Waals surface area contributed by atoms with E-state index in [0.29, 0.717) is 11.9 Å². The summed E-state index contributed by atoms with van der Waals surface area (Å²) in [6.45, 7) is 5.54. The van der Waals surface area contributed by atoms with Gasteiger partial charge >= 0.3 is 6.03 Å². The van der Waals surface area contributed by atoms with Crippen LogP contribution in [-0.2, 0) is 4.74 Å². The lowest BCUT2D eigenvalue weighted by Gasteiger charge is -2.24. The number of benzene rings is 1. The van der Waals surface area contributed by atoms with Crippen molar-refractivity contribution >= 4 is 11.7 Å². The second-order valence-corrected chi connectivity index (χ2v) is 6.77. The van der Waals surface area contributed by atoms with Gasteiger partial charge in [-0.25, -0.2) is 4.79 Å². The van der Waals surface area contributed by atoms with Crippen molar-refractivity contribution < 1.29 is 19.0 Å². The molecule has 0 bridgehead atoms. The Bertz CT molecular complexity index is 618. The molecule has 2 saturated heterocycles. The molecule has 0 unspecified atom stereocenters. The molecule has 0 aromatic heterocycles. The molecule has 7 nitrogen and oxygen atoms in total. The molecule has 0 saturated carbocycles. The van der Waals surface area contributed by atoms with Crippen molar-refractivity contribution in [3.63, 3.8) is 0 Å². The van der Waals surface area contributed by atoms with Gasteiger partial charge in [0, 0.05) is 44.5 Å². The molecule has 7 heteroatoms. The van der Waals surface area contributed by atoms with Gasteiger partial charge in [-0.1, -0.05) is 0 Å². The monoisotopic (exact) mass is 347 g/mol. The van der Waals surface area contributed by atoms with Crippen LogP contribution in [-0.4, -0.2) is 68.1 Å². The highest BCUT2D eigenvalue weighted by molar-refractivity contribution is 5.89. The smallest absolute Gasteiger partial charge is 0.321 e. The summed E-state index contributed by atoms with van der Waals surface area (Å²) in [7, 11) is 0. The number of fused-ring (bicyclic) bond motifs is 1. The summed E-state index contributed by atoms with van der Waals surface area (Å²) < 4.78 is 16.4. The van der Waals surface area contributed by atoms with Gasteiger partial charge < -0.3 is 24.4 Å². The summed E-state index contributed by atoms with van der Waals surface area (Å²) in [5.74, 6) is 1.40. The number of hydrogen-bond acceptors (Lipinski definition) is 5. The van der Waals surface area contributed by atoms with Gasteiger partial charge in [0.2, 0.25) is 6.79 Å². The van der Waals surface area contributed by atoms with Gasteiger partial charge in [-0.15, -0.1) is 0 Å². The number of nitrogens with one attached hydrogen (secondary N) is 1. The van der Waals surface area contributed by atoms with Gasteiger partial charge in [0.05, 0.1) is 6.10 Å². The zero-order chi connectivity index (χ0) is 17.1. The number of nitrogens with zero attached hydrogens (tertiary/aromatic N) is 2. The van der Waals surface area contributed by atoms with Gasteiger partial charge in [0.1, 0.15) is 0 Å². The zero-order valence-corrected chi connectivity index (χ0v) is 14.4. The van der Waals surface area contributed by atoms with E-state index in [2.05, 4.69) is 10.2 Å². The van der Waals surface area contributed by atoms with Crippen LogP contribution >= 0.6 is 0 Å². The molecule has 0 radical (unpaired) electrons. The first-order valence-corrected chi connectivity index (χ1v) is 9.07. The van der Waals surface area contributed by atoms with Crippen molar-refractivity contribution in [1.29, 1.82) is 0 Å². The Morgan fingerprint density at radius 1 is 1.12 bits per heavy atom. The van der Waals surface area contributed by atoms with Gasteiger partial charge in [-0.05, 0) is 37.9 Å². The van der Waals surface area contributed by atoms with E-state index in [0.717, 1.165) is 63.6 Å². The molecule has 2 amide bonds. The van der Waals surface area contributed by atoms with Crippen molar-refractivity contribution in [2.75, 3.05) is 51.4 Å². The van der Waals surface area contributed by atoms with Gasteiger partial charge in [0.25, 0.3) is 0 Å². The fraction of sp³-hybridized carbons (Fsp3) is 0.611. The topological polar surface area (TPSA) is 63.3 Å². The van der Waals surface area contributed by atoms with E-state index in [1.807, 2.05) is 23.1 Å². The average Bonchev–Trinajstić information content (AvgIpc) is 3.23. The number of urea groups is 1. The molecule has 1 N–H and O–H groups in total. The summed E-state index contributed by atoms with van der Waals surface area (Å²) in [5.41, 5.74) is 0.731. The number of amides is 2. The van der Waals surface area contributed by atoms with E-state index in [9.17, 15) is 4.79 Å². The molecule has 2 fully saturated rings. The predicted molar refractivity (Wildman–Crippen MR) is 93.2 cm³/mol. The predicted octanol–water partition coefficient (Wildman–Crippen LogP) is 2.13. The first-order chi connectivity index (χ1) is 12.3.